The third-order valence-corrected chi connectivity index (χ3v) is 2.40. The molecule has 1 aromatic carbocycles. The van der Waals surface area contributed by atoms with Crippen LogP contribution in [0.1, 0.15) is 0 Å². The summed E-state index contributed by atoms with van der Waals surface area (Å²) in [5.41, 5.74) is 0.766. The SMILES string of the molecule is COc1cc(OC)c(-c2cnco2)cc1OC. The molecule has 0 bridgehead atoms. The van der Waals surface area contributed by atoms with E-state index in [9.17, 15) is 0 Å². The van der Waals surface area contributed by atoms with E-state index in [4.69, 9.17) is 18.6 Å². The second-order valence-electron chi connectivity index (χ2n) is 3.27. The van der Waals surface area contributed by atoms with E-state index in [0.29, 0.717) is 23.0 Å². The van der Waals surface area contributed by atoms with Crippen LogP contribution in [-0.4, -0.2) is 26.3 Å². The zero-order chi connectivity index (χ0) is 12.3. The molecule has 17 heavy (non-hydrogen) atoms. The highest BCUT2D eigenvalue weighted by molar-refractivity contribution is 5.70. The lowest BCUT2D eigenvalue weighted by atomic mass is 10.1. The predicted molar refractivity (Wildman–Crippen MR) is 61.6 cm³/mol. The summed E-state index contributed by atoms with van der Waals surface area (Å²) in [6.07, 6.45) is 2.98. The Morgan fingerprint density at radius 1 is 0.941 bits per heavy atom. The lowest BCUT2D eigenvalue weighted by molar-refractivity contribution is 0.349. The Morgan fingerprint density at radius 3 is 2.12 bits per heavy atom. The van der Waals surface area contributed by atoms with Crippen LogP contribution < -0.4 is 14.2 Å². The lowest BCUT2D eigenvalue weighted by Gasteiger charge is -2.12. The van der Waals surface area contributed by atoms with Crippen molar-refractivity contribution in [1.29, 1.82) is 0 Å². The predicted octanol–water partition coefficient (Wildman–Crippen LogP) is 2.37. The first-order valence-electron chi connectivity index (χ1n) is 4.99. The molecule has 1 aromatic heterocycles. The number of rotatable bonds is 4. The first-order valence-corrected chi connectivity index (χ1v) is 4.99. The number of hydrogen-bond acceptors (Lipinski definition) is 5. The molecule has 90 valence electrons. The summed E-state index contributed by atoms with van der Waals surface area (Å²) in [5, 5.41) is 0. The van der Waals surface area contributed by atoms with E-state index in [1.807, 2.05) is 0 Å². The zero-order valence-electron chi connectivity index (χ0n) is 9.89. The fourth-order valence-electron chi connectivity index (χ4n) is 1.57. The van der Waals surface area contributed by atoms with Gasteiger partial charge >= 0.3 is 0 Å². The number of methoxy groups -OCH3 is 3. The second kappa shape index (κ2) is 4.78. The van der Waals surface area contributed by atoms with E-state index in [-0.39, 0.29) is 0 Å². The Labute approximate surface area is 98.9 Å². The van der Waals surface area contributed by atoms with Gasteiger partial charge in [0.15, 0.2) is 23.7 Å². The van der Waals surface area contributed by atoms with Crippen LogP contribution in [0.3, 0.4) is 0 Å². The van der Waals surface area contributed by atoms with Crippen LogP contribution in [0.5, 0.6) is 17.2 Å². The molecule has 0 fully saturated rings. The molecule has 0 aliphatic rings. The highest BCUT2D eigenvalue weighted by atomic mass is 16.5. The van der Waals surface area contributed by atoms with Gasteiger partial charge < -0.3 is 18.6 Å². The van der Waals surface area contributed by atoms with E-state index in [0.717, 1.165) is 5.56 Å². The summed E-state index contributed by atoms with van der Waals surface area (Å²) >= 11 is 0. The van der Waals surface area contributed by atoms with Crippen molar-refractivity contribution in [1.82, 2.24) is 4.98 Å². The van der Waals surface area contributed by atoms with Crippen LogP contribution in [0, 0.1) is 0 Å². The molecule has 5 heteroatoms. The molecule has 0 atom stereocenters. The number of hydrogen-bond donors (Lipinski definition) is 0. The van der Waals surface area contributed by atoms with Gasteiger partial charge in [0.2, 0.25) is 0 Å². The quantitative estimate of drug-likeness (QED) is 0.814. The molecule has 0 aliphatic carbocycles. The summed E-state index contributed by atoms with van der Waals surface area (Å²) < 4.78 is 21.0. The third-order valence-electron chi connectivity index (χ3n) is 2.40. The lowest BCUT2D eigenvalue weighted by Crippen LogP contribution is -1.94. The minimum atomic E-state index is 0.604. The van der Waals surface area contributed by atoms with Crippen molar-refractivity contribution in [2.75, 3.05) is 21.3 Å². The Morgan fingerprint density at radius 2 is 1.59 bits per heavy atom. The van der Waals surface area contributed by atoms with Gasteiger partial charge in [-0.15, -0.1) is 0 Å². The van der Waals surface area contributed by atoms with Crippen LogP contribution in [0.4, 0.5) is 0 Å². The molecule has 5 nitrogen and oxygen atoms in total. The summed E-state index contributed by atoms with van der Waals surface area (Å²) in [4.78, 5) is 3.88. The summed E-state index contributed by atoms with van der Waals surface area (Å²) in [7, 11) is 4.74. The molecule has 0 N–H and O–H groups in total. The molecule has 1 heterocycles. The number of oxazole rings is 1. The molecule has 0 unspecified atom stereocenters. The number of benzene rings is 1. The normalized spacial score (nSPS) is 10.1. The van der Waals surface area contributed by atoms with Gasteiger partial charge in [0, 0.05) is 6.07 Å². The van der Waals surface area contributed by atoms with Gasteiger partial charge in [0.1, 0.15) is 5.75 Å². The van der Waals surface area contributed by atoms with E-state index < -0.39 is 0 Å². The van der Waals surface area contributed by atoms with Crippen molar-refractivity contribution in [2.24, 2.45) is 0 Å². The summed E-state index contributed by atoms with van der Waals surface area (Å²) in [6, 6.07) is 3.54. The van der Waals surface area contributed by atoms with Crippen molar-refractivity contribution in [3.8, 4) is 28.6 Å². The van der Waals surface area contributed by atoms with Gasteiger partial charge in [0.05, 0.1) is 33.1 Å². The van der Waals surface area contributed by atoms with Gasteiger partial charge in [-0.1, -0.05) is 0 Å². The molecule has 0 radical (unpaired) electrons. The van der Waals surface area contributed by atoms with Crippen LogP contribution in [0.25, 0.3) is 11.3 Å². The molecule has 2 aromatic rings. The maximum absolute atomic E-state index is 5.29. The summed E-state index contributed by atoms with van der Waals surface area (Å²) in [6.45, 7) is 0. The molecular weight excluding hydrogens is 222 g/mol. The van der Waals surface area contributed by atoms with E-state index >= 15 is 0 Å². The minimum absolute atomic E-state index is 0.604. The number of ether oxygens (including phenoxy) is 3. The Bertz CT molecular complexity index is 493. The minimum Gasteiger partial charge on any atom is -0.496 e. The smallest absolute Gasteiger partial charge is 0.181 e. The molecule has 0 saturated carbocycles. The average molecular weight is 235 g/mol. The van der Waals surface area contributed by atoms with Crippen molar-refractivity contribution < 1.29 is 18.6 Å². The van der Waals surface area contributed by atoms with Crippen LogP contribution >= 0.6 is 0 Å². The highest BCUT2D eigenvalue weighted by Crippen LogP contribution is 2.39. The van der Waals surface area contributed by atoms with E-state index in [1.165, 1.54) is 6.39 Å². The van der Waals surface area contributed by atoms with E-state index in [2.05, 4.69) is 4.98 Å². The van der Waals surface area contributed by atoms with Gasteiger partial charge in [-0.05, 0) is 6.07 Å². The Hall–Kier alpha value is -2.17. The third kappa shape index (κ3) is 2.04. The highest BCUT2D eigenvalue weighted by Gasteiger charge is 2.15. The second-order valence-corrected chi connectivity index (χ2v) is 3.27. The fourth-order valence-corrected chi connectivity index (χ4v) is 1.57. The average Bonchev–Trinajstić information content (AvgIpc) is 2.90. The summed E-state index contributed by atoms with van der Waals surface area (Å²) in [5.74, 6) is 2.47. The topological polar surface area (TPSA) is 53.7 Å². The van der Waals surface area contributed by atoms with Crippen molar-refractivity contribution in [3.05, 3.63) is 24.7 Å². The molecule has 0 aliphatic heterocycles. The zero-order valence-corrected chi connectivity index (χ0v) is 9.89. The van der Waals surface area contributed by atoms with Gasteiger partial charge in [-0.2, -0.15) is 0 Å². The van der Waals surface area contributed by atoms with Crippen LogP contribution in [-0.2, 0) is 0 Å². The van der Waals surface area contributed by atoms with Gasteiger partial charge in [-0.3, -0.25) is 0 Å². The van der Waals surface area contributed by atoms with Crippen LogP contribution in [0.15, 0.2) is 29.1 Å². The largest absolute Gasteiger partial charge is 0.496 e. The van der Waals surface area contributed by atoms with Crippen molar-refractivity contribution in [3.63, 3.8) is 0 Å². The van der Waals surface area contributed by atoms with Gasteiger partial charge in [-0.25, -0.2) is 4.98 Å². The fraction of sp³-hybridized carbons (Fsp3) is 0.250. The van der Waals surface area contributed by atoms with E-state index in [1.54, 1.807) is 39.7 Å². The molecule has 0 spiro atoms. The molecular formula is C12H13NO4. The first-order chi connectivity index (χ1) is 8.30. The maximum atomic E-state index is 5.29. The Balaban J connectivity index is 2.58. The molecule has 2 rings (SSSR count). The number of nitrogens with zero attached hydrogens (tertiary/aromatic N) is 1. The molecule has 0 amide bonds. The number of aromatic nitrogens is 1. The van der Waals surface area contributed by atoms with Gasteiger partial charge in [0.25, 0.3) is 0 Å². The first kappa shape index (κ1) is 11.3. The van der Waals surface area contributed by atoms with Crippen LogP contribution in [0.2, 0.25) is 0 Å². The van der Waals surface area contributed by atoms with Crippen molar-refractivity contribution >= 4 is 0 Å². The monoisotopic (exact) mass is 235 g/mol. The molecule has 0 saturated heterocycles. The Kier molecular flexibility index (Phi) is 3.18. The van der Waals surface area contributed by atoms with Crippen molar-refractivity contribution in [2.45, 2.75) is 0 Å². The maximum Gasteiger partial charge on any atom is 0.181 e. The standard InChI is InChI=1S/C12H13NO4/c1-14-9-5-11(16-3)10(15-2)4-8(9)12-6-13-7-17-12/h4-7H,1-3H3.